The molecule has 0 bridgehead atoms. The number of alkyl halides is 6. The molecule has 0 unspecified atom stereocenters. The second kappa shape index (κ2) is 10.2. The lowest BCUT2D eigenvalue weighted by atomic mass is 10.1. The van der Waals surface area contributed by atoms with Gasteiger partial charge in [0.05, 0.1) is 21.2 Å². The van der Waals surface area contributed by atoms with Gasteiger partial charge < -0.3 is 9.47 Å². The van der Waals surface area contributed by atoms with Gasteiger partial charge in [-0.15, -0.1) is 26.3 Å². The van der Waals surface area contributed by atoms with E-state index in [1.807, 2.05) is 0 Å². The van der Waals surface area contributed by atoms with Crippen LogP contribution in [0.2, 0.25) is 0 Å². The van der Waals surface area contributed by atoms with E-state index in [-0.39, 0.29) is 11.4 Å². The number of rotatable bonds is 8. The fourth-order valence-electron chi connectivity index (χ4n) is 3.07. The van der Waals surface area contributed by atoms with E-state index in [9.17, 15) is 43.2 Å². The molecule has 0 spiro atoms. The molecule has 3 aromatic carbocycles. The van der Waals surface area contributed by atoms with Crippen molar-refractivity contribution in [3.63, 3.8) is 0 Å². The predicted molar refractivity (Wildman–Crippen MR) is 124 cm³/mol. The molecule has 0 radical (unpaired) electrons. The van der Waals surface area contributed by atoms with Gasteiger partial charge in [-0.1, -0.05) is 12.1 Å². The standard InChI is InChI=1S/C22H18F6N2O6S2/c1-13-9-19(29-37(31,32)17-7-3-5-15(11-17)35-21(23,24)25)20(10-14(13)2)30-38(33,34)18-8-4-6-16(12-18)36-22(26,27)28/h3-12,29-30H,1-2H3. The molecule has 38 heavy (non-hydrogen) atoms. The number of halogens is 6. The molecule has 0 saturated heterocycles. The van der Waals surface area contributed by atoms with Gasteiger partial charge in [-0.3, -0.25) is 9.44 Å². The number of nitrogens with one attached hydrogen (secondary N) is 2. The normalized spacial score (nSPS) is 12.6. The van der Waals surface area contributed by atoms with Crippen molar-refractivity contribution in [1.82, 2.24) is 0 Å². The molecule has 0 saturated carbocycles. The Labute approximate surface area is 213 Å². The summed E-state index contributed by atoms with van der Waals surface area (Å²) in [5.74, 6) is -1.61. The number of hydrogen-bond donors (Lipinski definition) is 2. The number of hydrogen-bond acceptors (Lipinski definition) is 6. The summed E-state index contributed by atoms with van der Waals surface area (Å²) in [4.78, 5) is -1.24. The fraction of sp³-hybridized carbons (Fsp3) is 0.182. The molecule has 2 N–H and O–H groups in total. The fourth-order valence-corrected chi connectivity index (χ4v) is 5.28. The van der Waals surface area contributed by atoms with E-state index in [2.05, 4.69) is 18.9 Å². The smallest absolute Gasteiger partial charge is 0.406 e. The molecule has 3 rings (SSSR count). The Morgan fingerprint density at radius 2 is 0.947 bits per heavy atom. The molecule has 206 valence electrons. The highest BCUT2D eigenvalue weighted by Gasteiger charge is 2.32. The summed E-state index contributed by atoms with van der Waals surface area (Å²) in [6.45, 7) is 3.17. The Morgan fingerprint density at radius 3 is 1.26 bits per heavy atom. The molecule has 0 fully saturated rings. The molecule has 0 atom stereocenters. The van der Waals surface area contributed by atoms with Gasteiger partial charge in [0.1, 0.15) is 11.5 Å². The first-order valence-corrected chi connectivity index (χ1v) is 13.2. The lowest BCUT2D eigenvalue weighted by Gasteiger charge is -2.17. The van der Waals surface area contributed by atoms with Gasteiger partial charge >= 0.3 is 12.7 Å². The van der Waals surface area contributed by atoms with Crippen LogP contribution in [0.5, 0.6) is 11.5 Å². The monoisotopic (exact) mass is 584 g/mol. The maximum absolute atomic E-state index is 12.9. The first-order valence-electron chi connectivity index (χ1n) is 10.2. The first-order chi connectivity index (χ1) is 17.3. The van der Waals surface area contributed by atoms with Crippen LogP contribution in [0.1, 0.15) is 11.1 Å². The molecule has 0 aliphatic heterocycles. The van der Waals surface area contributed by atoms with Crippen LogP contribution in [0, 0.1) is 13.8 Å². The molecule has 0 amide bonds. The van der Waals surface area contributed by atoms with Crippen LogP contribution in [0.4, 0.5) is 37.7 Å². The highest BCUT2D eigenvalue weighted by Crippen LogP contribution is 2.32. The van der Waals surface area contributed by atoms with Crippen LogP contribution in [-0.4, -0.2) is 29.6 Å². The zero-order chi connectivity index (χ0) is 28.5. The van der Waals surface area contributed by atoms with E-state index >= 15 is 0 Å². The largest absolute Gasteiger partial charge is 0.573 e. The molecule has 0 aromatic heterocycles. The van der Waals surface area contributed by atoms with E-state index < -0.39 is 54.1 Å². The number of ether oxygens (including phenoxy) is 2. The number of benzene rings is 3. The Morgan fingerprint density at radius 1 is 0.605 bits per heavy atom. The van der Waals surface area contributed by atoms with Crippen molar-refractivity contribution in [2.75, 3.05) is 9.44 Å². The number of sulfonamides is 2. The van der Waals surface area contributed by atoms with Gasteiger partial charge in [0, 0.05) is 12.1 Å². The van der Waals surface area contributed by atoms with Crippen molar-refractivity contribution in [1.29, 1.82) is 0 Å². The van der Waals surface area contributed by atoms with Gasteiger partial charge in [0.25, 0.3) is 20.0 Å². The van der Waals surface area contributed by atoms with Gasteiger partial charge in [0.15, 0.2) is 0 Å². The van der Waals surface area contributed by atoms with E-state index in [0.717, 1.165) is 36.4 Å². The van der Waals surface area contributed by atoms with Crippen LogP contribution in [0.25, 0.3) is 0 Å². The van der Waals surface area contributed by atoms with Gasteiger partial charge in [0.2, 0.25) is 0 Å². The van der Waals surface area contributed by atoms with Crippen LogP contribution in [0.3, 0.4) is 0 Å². The zero-order valence-corrected chi connectivity index (χ0v) is 20.9. The van der Waals surface area contributed by atoms with E-state index in [1.165, 1.54) is 12.1 Å². The highest BCUT2D eigenvalue weighted by molar-refractivity contribution is 7.93. The van der Waals surface area contributed by atoms with Crippen molar-refractivity contribution < 1.29 is 52.7 Å². The van der Waals surface area contributed by atoms with Gasteiger partial charge in [-0.2, -0.15) is 0 Å². The summed E-state index contributed by atoms with van der Waals surface area (Å²) in [5, 5.41) is 0. The van der Waals surface area contributed by atoms with E-state index in [1.54, 1.807) is 13.8 Å². The van der Waals surface area contributed by atoms with Gasteiger partial charge in [-0.25, -0.2) is 16.8 Å². The Kier molecular flexibility index (Phi) is 7.79. The summed E-state index contributed by atoms with van der Waals surface area (Å²) in [6, 6.07) is 9.54. The summed E-state index contributed by atoms with van der Waals surface area (Å²) in [5.41, 5.74) is 0.420. The second-order valence-electron chi connectivity index (χ2n) is 7.74. The Balaban J connectivity index is 1.97. The van der Waals surface area contributed by atoms with Crippen molar-refractivity contribution in [2.24, 2.45) is 0 Å². The third-order valence-electron chi connectivity index (χ3n) is 4.82. The minimum atomic E-state index is -5.07. The van der Waals surface area contributed by atoms with Gasteiger partial charge in [-0.05, 0) is 61.4 Å². The number of anilines is 2. The van der Waals surface area contributed by atoms with Crippen molar-refractivity contribution in [3.8, 4) is 11.5 Å². The molecule has 0 aliphatic carbocycles. The van der Waals surface area contributed by atoms with Crippen molar-refractivity contribution >= 4 is 31.4 Å². The minimum Gasteiger partial charge on any atom is -0.406 e. The SMILES string of the molecule is Cc1cc(NS(=O)(=O)c2cccc(OC(F)(F)F)c2)c(NS(=O)(=O)c2cccc(OC(F)(F)F)c2)cc1C. The maximum atomic E-state index is 12.9. The summed E-state index contributed by atoms with van der Waals surface area (Å²) in [7, 11) is -9.14. The molecule has 0 heterocycles. The van der Waals surface area contributed by atoms with Crippen molar-refractivity contribution in [2.45, 2.75) is 36.4 Å². The first kappa shape index (κ1) is 28.9. The predicted octanol–water partition coefficient (Wildman–Crippen LogP) is 5.70. The van der Waals surface area contributed by atoms with Crippen LogP contribution < -0.4 is 18.9 Å². The molecular weight excluding hydrogens is 566 g/mol. The topological polar surface area (TPSA) is 111 Å². The third-order valence-corrected chi connectivity index (χ3v) is 7.55. The van der Waals surface area contributed by atoms with Crippen LogP contribution >= 0.6 is 0 Å². The lowest BCUT2D eigenvalue weighted by Crippen LogP contribution is -2.20. The molecular formula is C22H18F6N2O6S2. The second-order valence-corrected chi connectivity index (χ2v) is 11.1. The van der Waals surface area contributed by atoms with Crippen molar-refractivity contribution in [3.05, 3.63) is 71.8 Å². The average Bonchev–Trinajstić information content (AvgIpc) is 2.75. The zero-order valence-electron chi connectivity index (χ0n) is 19.3. The molecule has 3 aromatic rings. The van der Waals surface area contributed by atoms with E-state index in [4.69, 9.17) is 0 Å². The van der Waals surface area contributed by atoms with Crippen LogP contribution in [0.15, 0.2) is 70.5 Å². The lowest BCUT2D eigenvalue weighted by molar-refractivity contribution is -0.275. The molecule has 16 heteroatoms. The minimum absolute atomic E-state index is 0.304. The summed E-state index contributed by atoms with van der Waals surface area (Å²) < 4.78 is 139. The van der Waals surface area contributed by atoms with Crippen LogP contribution in [-0.2, 0) is 20.0 Å². The maximum Gasteiger partial charge on any atom is 0.573 e. The highest BCUT2D eigenvalue weighted by atomic mass is 32.2. The summed E-state index contributed by atoms with van der Waals surface area (Å²) in [6.07, 6.45) is -10.1. The third kappa shape index (κ3) is 7.67. The quantitative estimate of drug-likeness (QED) is 0.329. The summed E-state index contributed by atoms with van der Waals surface area (Å²) >= 11 is 0. The molecule has 0 aliphatic rings. The Bertz CT molecular complexity index is 1440. The Hall–Kier alpha value is -3.66. The van der Waals surface area contributed by atoms with E-state index in [0.29, 0.717) is 23.3 Å². The molecule has 8 nitrogen and oxygen atoms in total. The average molecular weight is 585 g/mol. The number of aryl methyl sites for hydroxylation is 2.